The first-order chi connectivity index (χ1) is 12.1. The molecule has 0 aliphatic carbocycles. The molecule has 0 radical (unpaired) electrons. The van der Waals surface area contributed by atoms with Gasteiger partial charge < -0.3 is 16.0 Å². The maximum atomic E-state index is 12.8. The predicted octanol–water partition coefficient (Wildman–Crippen LogP) is 2.93. The zero-order chi connectivity index (χ0) is 18.1. The van der Waals surface area contributed by atoms with Crippen molar-refractivity contribution in [1.29, 1.82) is 0 Å². The number of aliphatic imine (C=N–C) groups is 1. The molecule has 0 aromatic heterocycles. The summed E-state index contributed by atoms with van der Waals surface area (Å²) in [5.74, 6) is -0.410. The van der Waals surface area contributed by atoms with Gasteiger partial charge in [0.1, 0.15) is 11.6 Å². The van der Waals surface area contributed by atoms with Gasteiger partial charge >= 0.3 is 0 Å². The molecular weight excluding hydrogens is 453 g/mol. The maximum Gasteiger partial charge on any atom is 0.243 e. The smallest absolute Gasteiger partial charge is 0.243 e. The zero-order valence-electron chi connectivity index (χ0n) is 14.3. The van der Waals surface area contributed by atoms with E-state index in [1.54, 1.807) is 19.2 Å². The number of anilines is 1. The fraction of sp³-hybridized carbons (Fsp3) is 0.222. The van der Waals surface area contributed by atoms with Crippen LogP contribution in [0.5, 0.6) is 0 Å². The number of rotatable bonds is 6. The van der Waals surface area contributed by atoms with Crippen LogP contribution in [-0.4, -0.2) is 32.0 Å². The summed E-state index contributed by atoms with van der Waals surface area (Å²) in [6.07, 6.45) is 0.697. The number of carbonyl (C=O) groups is 1. The van der Waals surface area contributed by atoms with Crippen molar-refractivity contribution in [3.05, 3.63) is 65.7 Å². The van der Waals surface area contributed by atoms with Crippen molar-refractivity contribution in [2.24, 2.45) is 4.99 Å². The normalized spacial score (nSPS) is 10.7. The third-order valence-corrected chi connectivity index (χ3v) is 3.39. The summed E-state index contributed by atoms with van der Waals surface area (Å²) < 4.78 is 25.7. The Labute approximate surface area is 168 Å². The molecule has 0 spiro atoms. The molecule has 3 N–H and O–H groups in total. The molecule has 2 rings (SSSR count). The van der Waals surface area contributed by atoms with Crippen LogP contribution >= 0.6 is 24.0 Å². The second-order valence-corrected chi connectivity index (χ2v) is 5.28. The molecule has 26 heavy (non-hydrogen) atoms. The lowest BCUT2D eigenvalue weighted by Gasteiger charge is -2.12. The topological polar surface area (TPSA) is 65.5 Å². The third-order valence-electron chi connectivity index (χ3n) is 3.39. The van der Waals surface area contributed by atoms with Crippen LogP contribution in [0.4, 0.5) is 14.5 Å². The van der Waals surface area contributed by atoms with Crippen LogP contribution in [0.3, 0.4) is 0 Å². The lowest BCUT2D eigenvalue weighted by Crippen LogP contribution is -2.42. The van der Waals surface area contributed by atoms with Gasteiger partial charge in [-0.05, 0) is 48.4 Å². The Balaban J connectivity index is 0.00000338. The first-order valence-corrected chi connectivity index (χ1v) is 7.81. The molecule has 140 valence electrons. The maximum absolute atomic E-state index is 12.8. The first kappa shape index (κ1) is 21.8. The number of halogens is 3. The first-order valence-electron chi connectivity index (χ1n) is 7.81. The van der Waals surface area contributed by atoms with Crippen LogP contribution in [-0.2, 0) is 11.2 Å². The van der Waals surface area contributed by atoms with E-state index in [-0.39, 0.29) is 48.1 Å². The van der Waals surface area contributed by atoms with Gasteiger partial charge in [-0.25, -0.2) is 8.78 Å². The number of benzene rings is 2. The van der Waals surface area contributed by atoms with E-state index in [4.69, 9.17) is 0 Å². The number of nitrogens with one attached hydrogen (secondary N) is 3. The molecule has 0 bridgehead atoms. The average molecular weight is 474 g/mol. The molecule has 8 heteroatoms. The summed E-state index contributed by atoms with van der Waals surface area (Å²) in [5, 5.41) is 8.61. The highest BCUT2D eigenvalue weighted by Gasteiger charge is 2.04. The van der Waals surface area contributed by atoms with E-state index in [1.165, 1.54) is 36.4 Å². The quantitative estimate of drug-likeness (QED) is 0.343. The summed E-state index contributed by atoms with van der Waals surface area (Å²) in [5.41, 5.74) is 1.52. The Hall–Kier alpha value is -2.23. The second-order valence-electron chi connectivity index (χ2n) is 5.28. The summed E-state index contributed by atoms with van der Waals surface area (Å²) in [4.78, 5) is 15.9. The van der Waals surface area contributed by atoms with E-state index < -0.39 is 0 Å². The van der Waals surface area contributed by atoms with Gasteiger partial charge in [0.05, 0.1) is 6.54 Å². The molecule has 0 aliphatic rings. The standard InChI is InChI=1S/C18H20F2N4O.HI/c1-21-18(22-11-10-13-2-4-14(19)5-3-13)23-12-17(25)24-16-8-6-15(20)7-9-16;/h2-9H,10-12H2,1H3,(H,24,25)(H2,21,22,23);1H. The van der Waals surface area contributed by atoms with Gasteiger partial charge in [0.15, 0.2) is 5.96 Å². The lowest BCUT2D eigenvalue weighted by atomic mass is 10.1. The van der Waals surface area contributed by atoms with E-state index in [9.17, 15) is 13.6 Å². The molecule has 0 saturated heterocycles. The Bertz CT molecular complexity index is 721. The van der Waals surface area contributed by atoms with E-state index in [2.05, 4.69) is 20.9 Å². The van der Waals surface area contributed by atoms with Crippen molar-refractivity contribution in [1.82, 2.24) is 10.6 Å². The average Bonchev–Trinajstić information content (AvgIpc) is 2.61. The molecule has 2 aromatic rings. The zero-order valence-corrected chi connectivity index (χ0v) is 16.6. The molecule has 5 nitrogen and oxygen atoms in total. The van der Waals surface area contributed by atoms with Gasteiger partial charge in [-0.2, -0.15) is 0 Å². The second kappa shape index (κ2) is 11.4. The Morgan fingerprint density at radius 1 is 0.962 bits per heavy atom. The molecule has 0 fully saturated rings. The highest BCUT2D eigenvalue weighted by atomic mass is 127. The van der Waals surface area contributed by atoms with Gasteiger partial charge in [0, 0.05) is 19.3 Å². The molecule has 2 aromatic carbocycles. The summed E-state index contributed by atoms with van der Waals surface area (Å²) >= 11 is 0. The van der Waals surface area contributed by atoms with E-state index in [0.29, 0.717) is 24.6 Å². The van der Waals surface area contributed by atoms with E-state index >= 15 is 0 Å². The van der Waals surface area contributed by atoms with Crippen molar-refractivity contribution < 1.29 is 13.6 Å². The molecular formula is C18H21F2IN4O. The minimum atomic E-state index is -0.359. The van der Waals surface area contributed by atoms with Crippen molar-refractivity contribution in [3.63, 3.8) is 0 Å². The van der Waals surface area contributed by atoms with Crippen molar-refractivity contribution in [2.45, 2.75) is 6.42 Å². The van der Waals surface area contributed by atoms with Gasteiger partial charge in [-0.3, -0.25) is 9.79 Å². The van der Waals surface area contributed by atoms with Crippen LogP contribution in [0.1, 0.15) is 5.56 Å². The molecule has 0 heterocycles. The minimum Gasteiger partial charge on any atom is -0.356 e. The van der Waals surface area contributed by atoms with Crippen LogP contribution in [0.25, 0.3) is 0 Å². The molecule has 0 unspecified atom stereocenters. The Morgan fingerprint density at radius 3 is 2.12 bits per heavy atom. The highest BCUT2D eigenvalue weighted by Crippen LogP contribution is 2.07. The largest absolute Gasteiger partial charge is 0.356 e. The summed E-state index contributed by atoms with van der Waals surface area (Å²) in [7, 11) is 1.60. The molecule has 1 amide bonds. The van der Waals surface area contributed by atoms with Crippen molar-refractivity contribution in [3.8, 4) is 0 Å². The number of nitrogens with zero attached hydrogens (tertiary/aromatic N) is 1. The number of hydrogen-bond acceptors (Lipinski definition) is 2. The highest BCUT2D eigenvalue weighted by molar-refractivity contribution is 14.0. The van der Waals surface area contributed by atoms with Crippen molar-refractivity contribution in [2.75, 3.05) is 25.5 Å². The van der Waals surface area contributed by atoms with Crippen LogP contribution < -0.4 is 16.0 Å². The Kier molecular flexibility index (Phi) is 9.56. The predicted molar refractivity (Wildman–Crippen MR) is 110 cm³/mol. The van der Waals surface area contributed by atoms with Crippen LogP contribution in [0.15, 0.2) is 53.5 Å². The minimum absolute atomic E-state index is 0. The van der Waals surface area contributed by atoms with E-state index in [1.807, 2.05) is 0 Å². The van der Waals surface area contributed by atoms with Crippen LogP contribution in [0, 0.1) is 11.6 Å². The third kappa shape index (κ3) is 7.77. The number of guanidine groups is 1. The van der Waals surface area contributed by atoms with Gasteiger partial charge in [0.2, 0.25) is 5.91 Å². The summed E-state index contributed by atoms with van der Waals surface area (Å²) in [6.45, 7) is 0.610. The number of hydrogen-bond donors (Lipinski definition) is 3. The monoisotopic (exact) mass is 474 g/mol. The Morgan fingerprint density at radius 2 is 1.54 bits per heavy atom. The molecule has 0 aliphatic heterocycles. The lowest BCUT2D eigenvalue weighted by molar-refractivity contribution is -0.115. The van der Waals surface area contributed by atoms with Gasteiger partial charge in [-0.15, -0.1) is 24.0 Å². The van der Waals surface area contributed by atoms with Gasteiger partial charge in [-0.1, -0.05) is 12.1 Å². The SMILES string of the molecule is CN=C(NCCc1ccc(F)cc1)NCC(=O)Nc1ccc(F)cc1.I. The van der Waals surface area contributed by atoms with Crippen molar-refractivity contribution >= 4 is 41.5 Å². The fourth-order valence-electron chi connectivity index (χ4n) is 2.10. The van der Waals surface area contributed by atoms with Gasteiger partial charge in [0.25, 0.3) is 0 Å². The van der Waals surface area contributed by atoms with Crippen LogP contribution in [0.2, 0.25) is 0 Å². The molecule has 0 atom stereocenters. The molecule has 0 saturated carbocycles. The summed E-state index contributed by atoms with van der Waals surface area (Å²) in [6, 6.07) is 11.8. The number of amides is 1. The number of carbonyl (C=O) groups excluding carboxylic acids is 1. The van der Waals surface area contributed by atoms with E-state index in [0.717, 1.165) is 5.56 Å². The fourth-order valence-corrected chi connectivity index (χ4v) is 2.10.